The highest BCUT2D eigenvalue weighted by Crippen LogP contribution is 2.16. The minimum absolute atomic E-state index is 0.162. The zero-order chi connectivity index (χ0) is 14.0. The highest BCUT2D eigenvalue weighted by molar-refractivity contribution is 9.10. The summed E-state index contributed by atoms with van der Waals surface area (Å²) in [6, 6.07) is 7.69. The highest BCUT2D eigenvalue weighted by atomic mass is 79.9. The Morgan fingerprint density at radius 1 is 1.37 bits per heavy atom. The molecule has 0 bridgehead atoms. The Hall–Kier alpha value is -1.62. The van der Waals surface area contributed by atoms with Gasteiger partial charge in [-0.1, -0.05) is 12.1 Å². The van der Waals surface area contributed by atoms with Gasteiger partial charge < -0.3 is 9.88 Å². The first-order valence-corrected chi connectivity index (χ1v) is 6.65. The monoisotopic (exact) mass is 324 g/mol. The SMILES string of the molecule is CC(NC(=O)c1cc(Br)cn1C)c1ccc(F)cc1. The predicted octanol–water partition coefficient (Wildman–Crippen LogP) is 3.42. The van der Waals surface area contributed by atoms with E-state index in [0.29, 0.717) is 5.69 Å². The summed E-state index contributed by atoms with van der Waals surface area (Å²) in [7, 11) is 1.81. The Morgan fingerprint density at radius 2 is 2.00 bits per heavy atom. The lowest BCUT2D eigenvalue weighted by molar-refractivity contribution is 0.0931. The Labute approximate surface area is 119 Å². The fourth-order valence-corrected chi connectivity index (χ4v) is 2.38. The molecule has 2 rings (SSSR count). The third kappa shape index (κ3) is 3.23. The molecule has 5 heteroatoms. The summed E-state index contributed by atoms with van der Waals surface area (Å²) in [6.07, 6.45) is 1.82. The molecule has 100 valence electrons. The van der Waals surface area contributed by atoms with Gasteiger partial charge in [0.15, 0.2) is 0 Å². The van der Waals surface area contributed by atoms with Crippen molar-refractivity contribution in [3.63, 3.8) is 0 Å². The summed E-state index contributed by atoms with van der Waals surface area (Å²) >= 11 is 3.33. The summed E-state index contributed by atoms with van der Waals surface area (Å²) in [4.78, 5) is 12.1. The predicted molar refractivity (Wildman–Crippen MR) is 75.4 cm³/mol. The van der Waals surface area contributed by atoms with Crippen molar-refractivity contribution < 1.29 is 9.18 Å². The van der Waals surface area contributed by atoms with Gasteiger partial charge in [-0.25, -0.2) is 4.39 Å². The van der Waals surface area contributed by atoms with Crippen LogP contribution in [0.1, 0.15) is 29.0 Å². The smallest absolute Gasteiger partial charge is 0.268 e. The van der Waals surface area contributed by atoms with E-state index in [4.69, 9.17) is 0 Å². The second kappa shape index (κ2) is 5.57. The van der Waals surface area contributed by atoms with Crippen molar-refractivity contribution in [2.75, 3.05) is 0 Å². The van der Waals surface area contributed by atoms with Crippen molar-refractivity contribution in [3.8, 4) is 0 Å². The third-order valence-electron chi connectivity index (χ3n) is 2.92. The third-order valence-corrected chi connectivity index (χ3v) is 3.36. The van der Waals surface area contributed by atoms with Crippen LogP contribution in [-0.2, 0) is 7.05 Å². The molecule has 3 nitrogen and oxygen atoms in total. The minimum atomic E-state index is -0.284. The first kappa shape index (κ1) is 13.8. The van der Waals surface area contributed by atoms with Crippen LogP contribution >= 0.6 is 15.9 Å². The van der Waals surface area contributed by atoms with Gasteiger partial charge in [-0.15, -0.1) is 0 Å². The van der Waals surface area contributed by atoms with Gasteiger partial charge in [0, 0.05) is 17.7 Å². The molecular weight excluding hydrogens is 311 g/mol. The first-order valence-electron chi connectivity index (χ1n) is 5.85. The van der Waals surface area contributed by atoms with Gasteiger partial charge in [0.25, 0.3) is 5.91 Å². The van der Waals surface area contributed by atoms with Gasteiger partial charge in [0.05, 0.1) is 6.04 Å². The summed E-state index contributed by atoms with van der Waals surface area (Å²) in [5.41, 5.74) is 1.43. The van der Waals surface area contributed by atoms with Crippen LogP contribution in [0.15, 0.2) is 41.0 Å². The van der Waals surface area contributed by atoms with E-state index in [1.807, 2.05) is 20.2 Å². The molecule has 0 saturated heterocycles. The van der Waals surface area contributed by atoms with Crippen LogP contribution in [0.3, 0.4) is 0 Å². The second-order valence-electron chi connectivity index (χ2n) is 4.40. The normalized spacial score (nSPS) is 12.2. The number of nitrogens with one attached hydrogen (secondary N) is 1. The van der Waals surface area contributed by atoms with Crippen LogP contribution in [-0.4, -0.2) is 10.5 Å². The molecule has 1 atom stereocenters. The standard InChI is InChI=1S/C14H14BrFN2O/c1-9(10-3-5-12(16)6-4-10)17-14(19)13-7-11(15)8-18(13)2/h3-9H,1-2H3,(H,17,19). The average molecular weight is 325 g/mol. The lowest BCUT2D eigenvalue weighted by Crippen LogP contribution is -2.28. The molecule has 1 N–H and O–H groups in total. The quantitative estimate of drug-likeness (QED) is 0.922. The van der Waals surface area contributed by atoms with Crippen molar-refractivity contribution in [1.29, 1.82) is 0 Å². The number of carbonyl (C=O) groups excluding carboxylic acids is 1. The number of nitrogens with zero attached hydrogens (tertiary/aromatic N) is 1. The summed E-state index contributed by atoms with van der Waals surface area (Å²) in [5, 5.41) is 2.88. The molecule has 1 amide bonds. The second-order valence-corrected chi connectivity index (χ2v) is 5.32. The van der Waals surface area contributed by atoms with Crippen LogP contribution in [0.5, 0.6) is 0 Å². The van der Waals surface area contributed by atoms with Crippen molar-refractivity contribution in [2.45, 2.75) is 13.0 Å². The van der Waals surface area contributed by atoms with E-state index < -0.39 is 0 Å². The topological polar surface area (TPSA) is 34.0 Å². The van der Waals surface area contributed by atoms with Gasteiger partial charge >= 0.3 is 0 Å². The van der Waals surface area contributed by atoms with Gasteiger partial charge in [-0.2, -0.15) is 0 Å². The first-order chi connectivity index (χ1) is 8.97. The van der Waals surface area contributed by atoms with Gasteiger partial charge in [-0.05, 0) is 46.6 Å². The fraction of sp³-hybridized carbons (Fsp3) is 0.214. The molecule has 19 heavy (non-hydrogen) atoms. The summed E-state index contributed by atoms with van der Waals surface area (Å²) in [5.74, 6) is -0.446. The molecule has 1 aromatic carbocycles. The van der Waals surface area contributed by atoms with Crippen molar-refractivity contribution >= 4 is 21.8 Å². The van der Waals surface area contributed by atoms with Crippen molar-refractivity contribution in [2.24, 2.45) is 7.05 Å². The summed E-state index contributed by atoms with van der Waals surface area (Å²) in [6.45, 7) is 1.86. The Morgan fingerprint density at radius 3 is 2.53 bits per heavy atom. The van der Waals surface area contributed by atoms with Gasteiger partial charge in [0.1, 0.15) is 11.5 Å². The lowest BCUT2D eigenvalue weighted by atomic mass is 10.1. The lowest BCUT2D eigenvalue weighted by Gasteiger charge is -2.14. The molecular formula is C14H14BrFN2O. The van der Waals surface area contributed by atoms with Crippen molar-refractivity contribution in [3.05, 3.63) is 58.1 Å². The molecule has 0 radical (unpaired) electrons. The van der Waals surface area contributed by atoms with E-state index >= 15 is 0 Å². The molecule has 0 spiro atoms. The zero-order valence-electron chi connectivity index (χ0n) is 10.7. The number of amides is 1. The van der Waals surface area contributed by atoms with Crippen LogP contribution in [0.4, 0.5) is 4.39 Å². The molecule has 0 aliphatic carbocycles. The molecule has 0 aliphatic rings. The number of aromatic nitrogens is 1. The van der Waals surface area contributed by atoms with Crippen LogP contribution in [0.25, 0.3) is 0 Å². The maximum absolute atomic E-state index is 12.8. The number of hydrogen-bond donors (Lipinski definition) is 1. The molecule has 0 fully saturated rings. The van der Waals surface area contributed by atoms with Gasteiger partial charge in [-0.3, -0.25) is 4.79 Å². The number of carbonyl (C=O) groups is 1. The number of aryl methyl sites for hydroxylation is 1. The fourth-order valence-electron chi connectivity index (χ4n) is 1.86. The Balaban J connectivity index is 2.10. The number of rotatable bonds is 3. The molecule has 1 unspecified atom stereocenters. The van der Waals surface area contributed by atoms with E-state index in [-0.39, 0.29) is 17.8 Å². The maximum Gasteiger partial charge on any atom is 0.268 e. The molecule has 2 aromatic rings. The summed E-state index contributed by atoms with van der Waals surface area (Å²) < 4.78 is 15.4. The van der Waals surface area contributed by atoms with E-state index in [1.54, 1.807) is 22.8 Å². The minimum Gasteiger partial charge on any atom is -0.345 e. The molecule has 0 aliphatic heterocycles. The molecule has 0 saturated carbocycles. The number of benzene rings is 1. The van der Waals surface area contributed by atoms with E-state index in [1.165, 1.54) is 12.1 Å². The molecule has 1 heterocycles. The van der Waals surface area contributed by atoms with E-state index in [2.05, 4.69) is 21.2 Å². The average Bonchev–Trinajstić information content (AvgIpc) is 2.69. The van der Waals surface area contributed by atoms with E-state index in [0.717, 1.165) is 10.0 Å². The maximum atomic E-state index is 12.8. The van der Waals surface area contributed by atoms with Crippen molar-refractivity contribution in [1.82, 2.24) is 9.88 Å². The van der Waals surface area contributed by atoms with Crippen LogP contribution in [0.2, 0.25) is 0 Å². The van der Waals surface area contributed by atoms with E-state index in [9.17, 15) is 9.18 Å². The van der Waals surface area contributed by atoms with Crippen LogP contribution in [0, 0.1) is 5.82 Å². The Bertz CT molecular complexity index is 592. The largest absolute Gasteiger partial charge is 0.345 e. The van der Waals surface area contributed by atoms with Gasteiger partial charge in [0.2, 0.25) is 0 Å². The Kier molecular flexibility index (Phi) is 4.04. The zero-order valence-corrected chi connectivity index (χ0v) is 12.2. The molecule has 1 aromatic heterocycles. The number of hydrogen-bond acceptors (Lipinski definition) is 1. The highest BCUT2D eigenvalue weighted by Gasteiger charge is 2.14. The number of halogens is 2. The van der Waals surface area contributed by atoms with Crippen LogP contribution < -0.4 is 5.32 Å².